The van der Waals surface area contributed by atoms with Crippen LogP contribution in [-0.2, 0) is 16.0 Å². The highest BCUT2D eigenvalue weighted by atomic mass is 16.5. The molecule has 6 nitrogen and oxygen atoms in total. The number of carbonyl (C=O) groups is 2. The minimum atomic E-state index is -1.03. The number of rotatable bonds is 8. The summed E-state index contributed by atoms with van der Waals surface area (Å²) in [5.74, 6) is -1.64. The Morgan fingerprint density at radius 2 is 2.05 bits per heavy atom. The number of benzene rings is 1. The standard InChI is InChI=1S/C14H19NO5/c1-20-12-5-3-2-4-10(12)8-11(14(18)19)9-13(17)15-6-7-16/h2-5,11,16H,6-9H2,1H3,(H,15,17)(H,18,19). The highest BCUT2D eigenvalue weighted by Gasteiger charge is 2.22. The molecule has 0 heterocycles. The fourth-order valence-corrected chi connectivity index (χ4v) is 1.88. The van der Waals surface area contributed by atoms with Crippen LogP contribution < -0.4 is 10.1 Å². The van der Waals surface area contributed by atoms with Crippen LogP contribution in [0.1, 0.15) is 12.0 Å². The van der Waals surface area contributed by atoms with Gasteiger partial charge < -0.3 is 20.3 Å². The zero-order valence-corrected chi connectivity index (χ0v) is 11.3. The van der Waals surface area contributed by atoms with Crippen LogP contribution >= 0.6 is 0 Å². The van der Waals surface area contributed by atoms with Gasteiger partial charge in [0.2, 0.25) is 5.91 Å². The molecule has 0 aromatic heterocycles. The van der Waals surface area contributed by atoms with Gasteiger partial charge >= 0.3 is 5.97 Å². The fourth-order valence-electron chi connectivity index (χ4n) is 1.88. The van der Waals surface area contributed by atoms with Crippen LogP contribution in [0, 0.1) is 5.92 Å². The van der Waals surface area contributed by atoms with Crippen LogP contribution in [0.25, 0.3) is 0 Å². The molecule has 0 saturated heterocycles. The maximum Gasteiger partial charge on any atom is 0.307 e. The maximum absolute atomic E-state index is 11.5. The fraction of sp³-hybridized carbons (Fsp3) is 0.429. The summed E-state index contributed by atoms with van der Waals surface area (Å²) in [6.07, 6.45) is 0.0826. The van der Waals surface area contributed by atoms with Gasteiger partial charge in [-0.2, -0.15) is 0 Å². The lowest BCUT2D eigenvalue weighted by Crippen LogP contribution is -2.31. The zero-order chi connectivity index (χ0) is 15.0. The van der Waals surface area contributed by atoms with Crippen molar-refractivity contribution in [3.8, 4) is 5.75 Å². The third-order valence-corrected chi connectivity index (χ3v) is 2.87. The molecule has 0 saturated carbocycles. The van der Waals surface area contributed by atoms with Crippen molar-refractivity contribution in [2.24, 2.45) is 5.92 Å². The Kier molecular flexibility index (Phi) is 6.52. The molecule has 0 radical (unpaired) electrons. The molecular formula is C14H19NO5. The number of amides is 1. The summed E-state index contributed by atoms with van der Waals surface area (Å²) >= 11 is 0. The summed E-state index contributed by atoms with van der Waals surface area (Å²) in [5, 5.41) is 20.3. The van der Waals surface area contributed by atoms with Gasteiger partial charge in [0.05, 0.1) is 19.6 Å². The SMILES string of the molecule is COc1ccccc1CC(CC(=O)NCCO)C(=O)O. The number of hydrogen-bond acceptors (Lipinski definition) is 4. The first kappa shape index (κ1) is 16.0. The van der Waals surface area contributed by atoms with Crippen molar-refractivity contribution < 1.29 is 24.5 Å². The number of methoxy groups -OCH3 is 1. The highest BCUT2D eigenvalue weighted by Crippen LogP contribution is 2.22. The lowest BCUT2D eigenvalue weighted by atomic mass is 9.95. The number of carbonyl (C=O) groups excluding carboxylic acids is 1. The van der Waals surface area contributed by atoms with Gasteiger partial charge in [0.1, 0.15) is 5.75 Å². The van der Waals surface area contributed by atoms with E-state index in [2.05, 4.69) is 5.32 Å². The van der Waals surface area contributed by atoms with Crippen LogP contribution in [-0.4, -0.2) is 42.4 Å². The van der Waals surface area contributed by atoms with E-state index in [1.165, 1.54) is 7.11 Å². The number of para-hydroxylation sites is 1. The van der Waals surface area contributed by atoms with E-state index >= 15 is 0 Å². The van der Waals surface area contributed by atoms with Crippen molar-refractivity contribution in [1.29, 1.82) is 0 Å². The summed E-state index contributed by atoms with van der Waals surface area (Å²) in [5.41, 5.74) is 0.748. The number of aliphatic hydroxyl groups is 1. The molecule has 0 fully saturated rings. The molecule has 1 amide bonds. The Balaban J connectivity index is 2.72. The number of nitrogens with one attached hydrogen (secondary N) is 1. The molecular weight excluding hydrogens is 262 g/mol. The first-order valence-corrected chi connectivity index (χ1v) is 6.30. The molecule has 1 aromatic carbocycles. The topological polar surface area (TPSA) is 95.9 Å². The van der Waals surface area contributed by atoms with Gasteiger partial charge in [0.15, 0.2) is 0 Å². The number of hydrogen-bond donors (Lipinski definition) is 3. The molecule has 6 heteroatoms. The van der Waals surface area contributed by atoms with E-state index in [9.17, 15) is 14.7 Å². The first-order chi connectivity index (χ1) is 9.58. The van der Waals surface area contributed by atoms with Crippen molar-refractivity contribution in [1.82, 2.24) is 5.32 Å². The van der Waals surface area contributed by atoms with Crippen LogP contribution in [0.15, 0.2) is 24.3 Å². The quantitative estimate of drug-likeness (QED) is 0.642. The van der Waals surface area contributed by atoms with Crippen molar-refractivity contribution in [2.45, 2.75) is 12.8 Å². The molecule has 1 rings (SSSR count). The van der Waals surface area contributed by atoms with Gasteiger partial charge in [-0.05, 0) is 18.1 Å². The second-order valence-electron chi connectivity index (χ2n) is 4.33. The Bertz CT molecular complexity index is 461. The van der Waals surface area contributed by atoms with Gasteiger partial charge in [-0.1, -0.05) is 18.2 Å². The summed E-state index contributed by atoms with van der Waals surface area (Å²) in [7, 11) is 1.52. The molecule has 0 aliphatic carbocycles. The third kappa shape index (κ3) is 4.89. The first-order valence-electron chi connectivity index (χ1n) is 6.30. The number of carboxylic acid groups (broad SMARTS) is 1. The number of ether oxygens (including phenoxy) is 1. The van der Waals surface area contributed by atoms with Crippen molar-refractivity contribution in [3.63, 3.8) is 0 Å². The van der Waals surface area contributed by atoms with E-state index in [1.807, 2.05) is 0 Å². The summed E-state index contributed by atoms with van der Waals surface area (Å²) < 4.78 is 5.17. The number of carboxylic acids is 1. The van der Waals surface area contributed by atoms with Gasteiger partial charge in [-0.25, -0.2) is 0 Å². The zero-order valence-electron chi connectivity index (χ0n) is 11.3. The van der Waals surface area contributed by atoms with Gasteiger partial charge in [0, 0.05) is 13.0 Å². The molecule has 20 heavy (non-hydrogen) atoms. The molecule has 0 bridgehead atoms. The molecule has 1 atom stereocenters. The van der Waals surface area contributed by atoms with Crippen molar-refractivity contribution in [2.75, 3.05) is 20.3 Å². The van der Waals surface area contributed by atoms with E-state index < -0.39 is 11.9 Å². The predicted octanol–water partition coefficient (Wildman–Crippen LogP) is 0.437. The molecule has 1 aromatic rings. The van der Waals surface area contributed by atoms with Crippen LogP contribution in [0.3, 0.4) is 0 Å². The van der Waals surface area contributed by atoms with E-state index in [-0.39, 0.29) is 31.9 Å². The molecule has 3 N–H and O–H groups in total. The summed E-state index contributed by atoms with van der Waals surface area (Å²) in [6, 6.07) is 7.12. The second-order valence-corrected chi connectivity index (χ2v) is 4.33. The minimum Gasteiger partial charge on any atom is -0.496 e. The summed E-state index contributed by atoms with van der Waals surface area (Å²) in [4.78, 5) is 22.8. The van der Waals surface area contributed by atoms with Gasteiger partial charge in [-0.3, -0.25) is 9.59 Å². The average molecular weight is 281 g/mol. The largest absolute Gasteiger partial charge is 0.496 e. The van der Waals surface area contributed by atoms with E-state index in [1.54, 1.807) is 24.3 Å². The minimum absolute atomic E-state index is 0.125. The Labute approximate surface area is 117 Å². The second kappa shape index (κ2) is 8.16. The van der Waals surface area contributed by atoms with Crippen molar-refractivity contribution >= 4 is 11.9 Å². The highest BCUT2D eigenvalue weighted by molar-refractivity contribution is 5.82. The van der Waals surface area contributed by atoms with Crippen LogP contribution in [0.2, 0.25) is 0 Å². The van der Waals surface area contributed by atoms with Crippen molar-refractivity contribution in [3.05, 3.63) is 29.8 Å². The average Bonchev–Trinajstić information content (AvgIpc) is 2.44. The Morgan fingerprint density at radius 1 is 1.35 bits per heavy atom. The molecule has 110 valence electrons. The lowest BCUT2D eigenvalue weighted by Gasteiger charge is -2.14. The number of aliphatic carboxylic acids is 1. The van der Waals surface area contributed by atoms with Crippen LogP contribution in [0.4, 0.5) is 0 Å². The van der Waals surface area contributed by atoms with E-state index in [4.69, 9.17) is 9.84 Å². The molecule has 0 aliphatic rings. The van der Waals surface area contributed by atoms with Crippen LogP contribution in [0.5, 0.6) is 5.75 Å². The Hall–Kier alpha value is -2.08. The number of aliphatic hydroxyl groups excluding tert-OH is 1. The Morgan fingerprint density at radius 3 is 2.65 bits per heavy atom. The smallest absolute Gasteiger partial charge is 0.307 e. The monoisotopic (exact) mass is 281 g/mol. The predicted molar refractivity (Wildman–Crippen MR) is 72.5 cm³/mol. The maximum atomic E-state index is 11.5. The van der Waals surface area contributed by atoms with E-state index in [0.717, 1.165) is 5.56 Å². The molecule has 1 unspecified atom stereocenters. The third-order valence-electron chi connectivity index (χ3n) is 2.87. The van der Waals surface area contributed by atoms with Gasteiger partial charge in [-0.15, -0.1) is 0 Å². The van der Waals surface area contributed by atoms with Gasteiger partial charge in [0.25, 0.3) is 0 Å². The lowest BCUT2D eigenvalue weighted by molar-refractivity contribution is -0.144. The van der Waals surface area contributed by atoms with E-state index in [0.29, 0.717) is 5.75 Å². The summed E-state index contributed by atoms with van der Waals surface area (Å²) in [6.45, 7) is -0.0458. The molecule has 0 aliphatic heterocycles. The molecule has 0 spiro atoms. The normalized spacial score (nSPS) is 11.7.